The molecule has 0 bridgehead atoms. The third-order valence-corrected chi connectivity index (χ3v) is 5.75. The maximum absolute atomic E-state index is 13.2. The number of urea groups is 1. The molecule has 2 heterocycles. The molecule has 1 fully saturated rings. The van der Waals surface area contributed by atoms with Crippen LogP contribution in [0, 0.1) is 13.8 Å². The fourth-order valence-electron chi connectivity index (χ4n) is 3.75. The molecule has 4 rings (SSSR count). The minimum atomic E-state index is -0.950. The first-order chi connectivity index (χ1) is 15.2. The number of rotatable bonds is 4. The number of hydrogen-bond acceptors (Lipinski definition) is 4. The quantitative estimate of drug-likeness (QED) is 0.485. The first kappa shape index (κ1) is 21.0. The lowest BCUT2D eigenvalue weighted by molar-refractivity contribution is -0.140. The van der Waals surface area contributed by atoms with Gasteiger partial charge in [-0.2, -0.15) is 0 Å². The van der Waals surface area contributed by atoms with E-state index in [0.717, 1.165) is 21.4 Å². The van der Waals surface area contributed by atoms with Gasteiger partial charge in [-0.1, -0.05) is 18.2 Å². The van der Waals surface area contributed by atoms with E-state index in [2.05, 4.69) is 5.32 Å². The van der Waals surface area contributed by atoms with E-state index in [1.54, 1.807) is 54.1 Å². The molecule has 4 amide bonds. The third kappa shape index (κ3) is 3.45. The summed E-state index contributed by atoms with van der Waals surface area (Å²) in [6.07, 6.45) is 3.11. The summed E-state index contributed by atoms with van der Waals surface area (Å²) in [5.74, 6) is -2.42. The molecule has 0 aliphatic carbocycles. The van der Waals surface area contributed by atoms with Gasteiger partial charge in [0.25, 0.3) is 11.8 Å². The number of carbonyl (C=O) groups excluding carboxylic acids is 3. The van der Waals surface area contributed by atoms with Gasteiger partial charge in [0, 0.05) is 17.1 Å². The van der Waals surface area contributed by atoms with Crippen LogP contribution in [0.25, 0.3) is 17.0 Å². The normalized spacial score (nSPS) is 16.5. The number of carboxylic acid groups (broad SMARTS) is 1. The molecule has 0 unspecified atom stereocenters. The SMILES string of the molecule is Cc1cccc(N2C(=O)NC(=O)/C(=C\c3ccc4c(ccn4[C@H](C)C(=O)O)c3)C2=O)c1C. The van der Waals surface area contributed by atoms with E-state index in [-0.39, 0.29) is 5.57 Å². The minimum absolute atomic E-state index is 0.164. The van der Waals surface area contributed by atoms with Gasteiger partial charge in [-0.05, 0) is 67.8 Å². The van der Waals surface area contributed by atoms with E-state index in [1.165, 1.54) is 6.08 Å². The van der Waals surface area contributed by atoms with Crippen LogP contribution in [-0.2, 0) is 14.4 Å². The van der Waals surface area contributed by atoms with Gasteiger partial charge in [-0.15, -0.1) is 0 Å². The van der Waals surface area contributed by atoms with E-state index < -0.39 is 29.9 Å². The Kier molecular flexibility index (Phi) is 5.14. The second kappa shape index (κ2) is 7.81. The number of aliphatic carboxylic acids is 1. The number of amides is 4. The van der Waals surface area contributed by atoms with Crippen LogP contribution in [0.2, 0.25) is 0 Å². The number of anilines is 1. The van der Waals surface area contributed by atoms with Gasteiger partial charge in [0.05, 0.1) is 5.69 Å². The zero-order chi connectivity index (χ0) is 23.2. The molecule has 0 spiro atoms. The molecule has 162 valence electrons. The summed E-state index contributed by atoms with van der Waals surface area (Å²) < 4.78 is 1.63. The summed E-state index contributed by atoms with van der Waals surface area (Å²) in [6.45, 7) is 5.27. The van der Waals surface area contributed by atoms with Crippen molar-refractivity contribution < 1.29 is 24.3 Å². The predicted octanol–water partition coefficient (Wildman–Crippen LogP) is 3.57. The Morgan fingerprint density at radius 2 is 1.84 bits per heavy atom. The van der Waals surface area contributed by atoms with Crippen molar-refractivity contribution >= 4 is 46.5 Å². The van der Waals surface area contributed by atoms with Gasteiger partial charge >= 0.3 is 12.0 Å². The molecule has 8 heteroatoms. The van der Waals surface area contributed by atoms with Crippen LogP contribution in [0.5, 0.6) is 0 Å². The van der Waals surface area contributed by atoms with E-state index in [1.807, 2.05) is 19.9 Å². The van der Waals surface area contributed by atoms with E-state index >= 15 is 0 Å². The van der Waals surface area contributed by atoms with Crippen molar-refractivity contribution in [3.05, 3.63) is 70.9 Å². The number of aryl methyl sites for hydroxylation is 1. The fourth-order valence-corrected chi connectivity index (χ4v) is 3.75. The van der Waals surface area contributed by atoms with Crippen molar-refractivity contribution in [2.24, 2.45) is 0 Å². The van der Waals surface area contributed by atoms with Crippen LogP contribution < -0.4 is 10.2 Å². The van der Waals surface area contributed by atoms with E-state index in [9.17, 15) is 24.3 Å². The lowest BCUT2D eigenvalue weighted by Gasteiger charge is -2.28. The Balaban J connectivity index is 1.74. The minimum Gasteiger partial charge on any atom is -0.480 e. The van der Waals surface area contributed by atoms with Crippen molar-refractivity contribution in [3.8, 4) is 0 Å². The van der Waals surface area contributed by atoms with Crippen LogP contribution in [0.1, 0.15) is 29.7 Å². The first-order valence-corrected chi connectivity index (χ1v) is 10.00. The summed E-state index contributed by atoms with van der Waals surface area (Å²) in [7, 11) is 0. The van der Waals surface area contributed by atoms with Crippen molar-refractivity contribution in [1.82, 2.24) is 9.88 Å². The Labute approximate surface area is 183 Å². The van der Waals surface area contributed by atoms with Crippen molar-refractivity contribution in [3.63, 3.8) is 0 Å². The number of imide groups is 2. The summed E-state index contributed by atoms with van der Waals surface area (Å²) in [4.78, 5) is 50.4. The Morgan fingerprint density at radius 1 is 1.09 bits per heavy atom. The molecule has 0 saturated carbocycles. The van der Waals surface area contributed by atoms with Gasteiger partial charge in [0.1, 0.15) is 11.6 Å². The van der Waals surface area contributed by atoms with Crippen LogP contribution >= 0.6 is 0 Å². The lowest BCUT2D eigenvalue weighted by atomic mass is 10.0. The number of carbonyl (C=O) groups is 4. The van der Waals surface area contributed by atoms with Gasteiger partial charge in [-0.3, -0.25) is 14.9 Å². The second-order valence-electron chi connectivity index (χ2n) is 7.73. The topological polar surface area (TPSA) is 109 Å². The van der Waals surface area contributed by atoms with E-state index in [0.29, 0.717) is 16.8 Å². The molecule has 32 heavy (non-hydrogen) atoms. The smallest absolute Gasteiger partial charge is 0.335 e. The largest absolute Gasteiger partial charge is 0.480 e. The Hall–Kier alpha value is -4.20. The van der Waals surface area contributed by atoms with Gasteiger partial charge < -0.3 is 9.67 Å². The Bertz CT molecular complexity index is 1330. The molecule has 8 nitrogen and oxygen atoms in total. The van der Waals surface area contributed by atoms with Gasteiger partial charge in [0.15, 0.2) is 0 Å². The lowest BCUT2D eigenvalue weighted by Crippen LogP contribution is -2.54. The number of carboxylic acids is 1. The van der Waals surface area contributed by atoms with Crippen LogP contribution in [0.4, 0.5) is 10.5 Å². The van der Waals surface area contributed by atoms with Crippen molar-refractivity contribution in [2.45, 2.75) is 26.8 Å². The highest BCUT2D eigenvalue weighted by atomic mass is 16.4. The number of barbiturate groups is 1. The summed E-state index contributed by atoms with van der Waals surface area (Å²) in [5, 5.41) is 12.3. The average Bonchev–Trinajstić information content (AvgIpc) is 3.16. The molecule has 1 aliphatic rings. The highest BCUT2D eigenvalue weighted by Gasteiger charge is 2.37. The first-order valence-electron chi connectivity index (χ1n) is 10.00. The van der Waals surface area contributed by atoms with Crippen LogP contribution in [0.3, 0.4) is 0 Å². The number of benzene rings is 2. The monoisotopic (exact) mass is 431 g/mol. The Morgan fingerprint density at radius 3 is 2.56 bits per heavy atom. The van der Waals surface area contributed by atoms with Crippen LogP contribution in [0.15, 0.2) is 54.2 Å². The third-order valence-electron chi connectivity index (χ3n) is 5.75. The van der Waals surface area contributed by atoms with Crippen molar-refractivity contribution in [1.29, 1.82) is 0 Å². The number of nitrogens with zero attached hydrogens (tertiary/aromatic N) is 2. The van der Waals surface area contributed by atoms with E-state index in [4.69, 9.17) is 0 Å². The second-order valence-corrected chi connectivity index (χ2v) is 7.73. The molecule has 1 aromatic heterocycles. The summed E-state index contributed by atoms with van der Waals surface area (Å²) >= 11 is 0. The highest BCUT2D eigenvalue weighted by Crippen LogP contribution is 2.28. The zero-order valence-corrected chi connectivity index (χ0v) is 17.7. The molecule has 2 N–H and O–H groups in total. The van der Waals surface area contributed by atoms with Crippen molar-refractivity contribution in [2.75, 3.05) is 4.90 Å². The molecule has 3 aromatic rings. The van der Waals surface area contributed by atoms with Gasteiger partial charge in [-0.25, -0.2) is 14.5 Å². The average molecular weight is 431 g/mol. The summed E-state index contributed by atoms with van der Waals surface area (Å²) in [6, 6.07) is 10.7. The zero-order valence-electron chi connectivity index (χ0n) is 17.7. The predicted molar refractivity (Wildman–Crippen MR) is 119 cm³/mol. The number of hydrogen-bond donors (Lipinski definition) is 2. The maximum Gasteiger partial charge on any atom is 0.335 e. The fraction of sp³-hybridized carbons (Fsp3) is 0.167. The molecule has 1 saturated heterocycles. The number of aromatic nitrogens is 1. The standard InChI is InChI=1S/C24H21N3O5/c1-13-5-4-6-19(14(13)2)27-22(29)18(21(28)25-24(27)32)12-16-7-8-20-17(11-16)9-10-26(20)15(3)23(30)31/h4-12,15H,1-3H3,(H,30,31)(H,25,28,32)/b18-12+/t15-/m1/s1. The highest BCUT2D eigenvalue weighted by molar-refractivity contribution is 6.39. The van der Waals surface area contributed by atoms with Crippen LogP contribution in [-0.4, -0.2) is 33.5 Å². The number of nitrogens with one attached hydrogen (secondary N) is 1. The molecular formula is C24H21N3O5. The maximum atomic E-state index is 13.2. The number of fused-ring (bicyclic) bond motifs is 1. The molecular weight excluding hydrogens is 410 g/mol. The molecule has 2 aromatic carbocycles. The molecule has 0 radical (unpaired) electrons. The molecule has 1 atom stereocenters. The van der Waals surface area contributed by atoms with Gasteiger partial charge in [0.2, 0.25) is 0 Å². The summed E-state index contributed by atoms with van der Waals surface area (Å²) in [5.41, 5.74) is 3.22. The molecule has 1 aliphatic heterocycles.